The summed E-state index contributed by atoms with van der Waals surface area (Å²) in [6.07, 6.45) is -0.974. The van der Waals surface area contributed by atoms with Crippen LogP contribution in [0.1, 0.15) is 35.5 Å². The SMILES string of the molecule is CCn1c(=O)c(C)nc2cc(C(=O)O[C@H](C)C(=O)Nc3cccc(C)c3)ccc21. The predicted octanol–water partition coefficient (Wildman–Crippen LogP) is 3.22. The van der Waals surface area contributed by atoms with Crippen molar-refractivity contribution in [3.63, 3.8) is 0 Å². The maximum absolute atomic E-state index is 12.5. The molecule has 0 aliphatic rings. The third kappa shape index (κ3) is 4.34. The summed E-state index contributed by atoms with van der Waals surface area (Å²) in [4.78, 5) is 41.3. The first-order valence-corrected chi connectivity index (χ1v) is 9.40. The van der Waals surface area contributed by atoms with E-state index in [1.54, 1.807) is 35.8 Å². The number of rotatable bonds is 5. The number of benzene rings is 2. The number of amides is 1. The standard InChI is InChI=1S/C22H23N3O4/c1-5-25-19-10-9-16(12-18(19)23-14(3)21(25)27)22(28)29-15(4)20(26)24-17-8-6-7-13(2)11-17/h6-12,15H,5H2,1-4H3,(H,24,26)/t15-/m1/s1. The maximum atomic E-state index is 12.5. The van der Waals surface area contributed by atoms with Gasteiger partial charge in [-0.3, -0.25) is 9.59 Å². The molecule has 2 aromatic carbocycles. The molecule has 0 aliphatic heterocycles. The van der Waals surface area contributed by atoms with E-state index < -0.39 is 18.0 Å². The molecule has 7 nitrogen and oxygen atoms in total. The molecule has 1 aromatic heterocycles. The van der Waals surface area contributed by atoms with E-state index in [1.165, 1.54) is 6.92 Å². The molecule has 0 bridgehead atoms. The van der Waals surface area contributed by atoms with Crippen LogP contribution in [0.25, 0.3) is 11.0 Å². The van der Waals surface area contributed by atoms with Gasteiger partial charge in [0.2, 0.25) is 0 Å². The molecule has 3 aromatic rings. The Kier molecular flexibility index (Phi) is 5.77. The van der Waals surface area contributed by atoms with Crippen LogP contribution in [-0.4, -0.2) is 27.5 Å². The van der Waals surface area contributed by atoms with Crippen molar-refractivity contribution in [2.75, 3.05) is 5.32 Å². The zero-order chi connectivity index (χ0) is 21.1. The van der Waals surface area contributed by atoms with Gasteiger partial charge in [-0.2, -0.15) is 0 Å². The number of hydrogen-bond acceptors (Lipinski definition) is 5. The second-order valence-electron chi connectivity index (χ2n) is 6.86. The number of carbonyl (C=O) groups excluding carboxylic acids is 2. The minimum Gasteiger partial charge on any atom is -0.449 e. The molecular formula is C22H23N3O4. The van der Waals surface area contributed by atoms with Crippen molar-refractivity contribution in [2.45, 2.75) is 40.3 Å². The second kappa shape index (κ2) is 8.26. The number of esters is 1. The van der Waals surface area contributed by atoms with E-state index in [-0.39, 0.29) is 11.1 Å². The van der Waals surface area contributed by atoms with Crippen molar-refractivity contribution in [2.24, 2.45) is 0 Å². The number of nitrogens with zero attached hydrogens (tertiary/aromatic N) is 2. The highest BCUT2D eigenvalue weighted by molar-refractivity contribution is 5.98. The van der Waals surface area contributed by atoms with Gasteiger partial charge >= 0.3 is 5.97 Å². The van der Waals surface area contributed by atoms with E-state index >= 15 is 0 Å². The fourth-order valence-corrected chi connectivity index (χ4v) is 3.06. The number of aryl methyl sites for hydroxylation is 3. The summed E-state index contributed by atoms with van der Waals surface area (Å²) in [6, 6.07) is 12.2. The topological polar surface area (TPSA) is 90.3 Å². The van der Waals surface area contributed by atoms with Gasteiger partial charge in [0.1, 0.15) is 5.69 Å². The molecule has 0 radical (unpaired) electrons. The molecule has 1 heterocycles. The zero-order valence-corrected chi connectivity index (χ0v) is 16.9. The number of ether oxygens (including phenoxy) is 1. The van der Waals surface area contributed by atoms with E-state index in [1.807, 2.05) is 32.0 Å². The van der Waals surface area contributed by atoms with Crippen molar-refractivity contribution in [3.05, 3.63) is 69.6 Å². The molecule has 1 atom stereocenters. The van der Waals surface area contributed by atoms with Gasteiger partial charge in [-0.05, 0) is 63.6 Å². The van der Waals surface area contributed by atoms with E-state index in [4.69, 9.17) is 4.74 Å². The van der Waals surface area contributed by atoms with Crippen LogP contribution in [0.15, 0.2) is 47.3 Å². The third-order valence-electron chi connectivity index (χ3n) is 4.60. The Labute approximate surface area is 168 Å². The van der Waals surface area contributed by atoms with Crippen LogP contribution in [0.4, 0.5) is 5.69 Å². The minimum atomic E-state index is -0.974. The summed E-state index contributed by atoms with van der Waals surface area (Å²) >= 11 is 0. The van der Waals surface area contributed by atoms with Crippen LogP contribution >= 0.6 is 0 Å². The molecule has 150 valence electrons. The fraction of sp³-hybridized carbons (Fsp3) is 0.273. The Morgan fingerprint density at radius 2 is 1.93 bits per heavy atom. The number of fused-ring (bicyclic) bond motifs is 1. The quantitative estimate of drug-likeness (QED) is 0.672. The molecule has 0 aliphatic carbocycles. The molecular weight excluding hydrogens is 370 g/mol. The molecule has 3 rings (SSSR count). The average molecular weight is 393 g/mol. The van der Waals surface area contributed by atoms with Crippen molar-refractivity contribution >= 4 is 28.6 Å². The van der Waals surface area contributed by atoms with Gasteiger partial charge in [0.25, 0.3) is 11.5 Å². The van der Waals surface area contributed by atoms with E-state index in [0.717, 1.165) is 5.56 Å². The summed E-state index contributed by atoms with van der Waals surface area (Å²) in [5, 5.41) is 2.73. The lowest BCUT2D eigenvalue weighted by atomic mass is 10.2. The number of nitrogens with one attached hydrogen (secondary N) is 1. The van der Waals surface area contributed by atoms with Gasteiger partial charge in [-0.15, -0.1) is 0 Å². The van der Waals surface area contributed by atoms with Crippen molar-refractivity contribution in [1.29, 1.82) is 0 Å². The van der Waals surface area contributed by atoms with E-state index in [0.29, 0.717) is 29.0 Å². The lowest BCUT2D eigenvalue weighted by Gasteiger charge is -2.14. The fourth-order valence-electron chi connectivity index (χ4n) is 3.06. The smallest absolute Gasteiger partial charge is 0.338 e. The van der Waals surface area contributed by atoms with Crippen molar-refractivity contribution in [1.82, 2.24) is 9.55 Å². The molecule has 0 fully saturated rings. The molecule has 0 saturated carbocycles. The Morgan fingerprint density at radius 3 is 2.62 bits per heavy atom. The van der Waals surface area contributed by atoms with Gasteiger partial charge in [0.15, 0.2) is 6.10 Å². The van der Waals surface area contributed by atoms with Crippen LogP contribution in [0.5, 0.6) is 0 Å². The Balaban J connectivity index is 1.77. The highest BCUT2D eigenvalue weighted by Crippen LogP contribution is 2.16. The van der Waals surface area contributed by atoms with Gasteiger partial charge in [-0.25, -0.2) is 9.78 Å². The lowest BCUT2D eigenvalue weighted by molar-refractivity contribution is -0.123. The predicted molar refractivity (Wildman–Crippen MR) is 111 cm³/mol. The van der Waals surface area contributed by atoms with Gasteiger partial charge < -0.3 is 14.6 Å². The summed E-state index contributed by atoms with van der Waals surface area (Å²) in [7, 11) is 0. The minimum absolute atomic E-state index is 0.156. The highest BCUT2D eigenvalue weighted by atomic mass is 16.5. The number of aromatic nitrogens is 2. The number of carbonyl (C=O) groups is 2. The first-order chi connectivity index (χ1) is 13.8. The summed E-state index contributed by atoms with van der Waals surface area (Å²) in [6.45, 7) is 7.44. The highest BCUT2D eigenvalue weighted by Gasteiger charge is 2.20. The number of hydrogen-bond donors (Lipinski definition) is 1. The van der Waals surface area contributed by atoms with E-state index in [2.05, 4.69) is 10.3 Å². The molecule has 0 saturated heterocycles. The third-order valence-corrected chi connectivity index (χ3v) is 4.60. The normalized spacial score (nSPS) is 11.9. The van der Waals surface area contributed by atoms with Crippen molar-refractivity contribution in [3.8, 4) is 0 Å². The van der Waals surface area contributed by atoms with Crippen LogP contribution in [0.3, 0.4) is 0 Å². The number of anilines is 1. The monoisotopic (exact) mass is 393 g/mol. The maximum Gasteiger partial charge on any atom is 0.338 e. The zero-order valence-electron chi connectivity index (χ0n) is 16.9. The van der Waals surface area contributed by atoms with Crippen LogP contribution < -0.4 is 10.9 Å². The largest absolute Gasteiger partial charge is 0.449 e. The Bertz CT molecular complexity index is 1150. The van der Waals surface area contributed by atoms with Gasteiger partial charge in [0.05, 0.1) is 16.6 Å². The van der Waals surface area contributed by atoms with Crippen LogP contribution in [-0.2, 0) is 16.1 Å². The molecule has 0 spiro atoms. The van der Waals surface area contributed by atoms with Crippen LogP contribution in [0, 0.1) is 13.8 Å². The molecule has 0 unspecified atom stereocenters. The second-order valence-corrected chi connectivity index (χ2v) is 6.86. The molecule has 29 heavy (non-hydrogen) atoms. The lowest BCUT2D eigenvalue weighted by Crippen LogP contribution is -2.30. The molecule has 7 heteroatoms. The first-order valence-electron chi connectivity index (χ1n) is 9.40. The average Bonchev–Trinajstić information content (AvgIpc) is 2.68. The summed E-state index contributed by atoms with van der Waals surface area (Å²) < 4.78 is 6.91. The Hall–Kier alpha value is -3.48. The van der Waals surface area contributed by atoms with Crippen molar-refractivity contribution < 1.29 is 14.3 Å². The van der Waals surface area contributed by atoms with Gasteiger partial charge in [0, 0.05) is 12.2 Å². The first kappa shape index (κ1) is 20.3. The van der Waals surface area contributed by atoms with E-state index in [9.17, 15) is 14.4 Å². The Morgan fingerprint density at radius 1 is 1.17 bits per heavy atom. The van der Waals surface area contributed by atoms with Crippen LogP contribution in [0.2, 0.25) is 0 Å². The summed E-state index contributed by atoms with van der Waals surface area (Å²) in [5.74, 6) is -1.05. The van der Waals surface area contributed by atoms with Gasteiger partial charge in [-0.1, -0.05) is 12.1 Å². The molecule has 1 N–H and O–H groups in total. The molecule has 1 amide bonds. The summed E-state index contributed by atoms with van der Waals surface area (Å²) in [5.41, 5.74) is 3.28.